The second-order valence-corrected chi connectivity index (χ2v) is 7.53. The average molecular weight is 423 g/mol. The number of carbonyl (C=O) groups is 2. The van der Waals surface area contributed by atoms with Crippen LogP contribution < -0.4 is 10.7 Å². The van der Waals surface area contributed by atoms with Crippen molar-refractivity contribution in [1.82, 2.24) is 9.99 Å². The zero-order chi connectivity index (χ0) is 21.8. The van der Waals surface area contributed by atoms with E-state index in [1.807, 2.05) is 70.2 Å². The Balaban J connectivity index is 1.66. The Kier molecular flexibility index (Phi) is 6.37. The lowest BCUT2D eigenvalue weighted by atomic mass is 10.1. The number of aryl methyl sites for hydroxylation is 3. The molecule has 2 amide bonds. The molecular formula is C23H23ClN4O2. The Hall–Kier alpha value is -3.38. The molecule has 0 saturated heterocycles. The molecule has 154 valence electrons. The Labute approximate surface area is 180 Å². The van der Waals surface area contributed by atoms with Crippen LogP contribution in [-0.2, 0) is 9.59 Å². The summed E-state index contributed by atoms with van der Waals surface area (Å²) in [5, 5.41) is 7.18. The minimum Gasteiger partial charge on any atom is -0.318 e. The SMILES string of the molecule is Cc1ccc(NC(=O)C(=O)N/N=C\c2cc(C)n(-c3ccc(Cl)cc3)c2C)cc1C. The second-order valence-electron chi connectivity index (χ2n) is 7.09. The summed E-state index contributed by atoms with van der Waals surface area (Å²) in [5.74, 6) is -1.61. The first-order valence-corrected chi connectivity index (χ1v) is 9.80. The van der Waals surface area contributed by atoms with Crippen molar-refractivity contribution in [3.05, 3.63) is 81.6 Å². The highest BCUT2D eigenvalue weighted by Crippen LogP contribution is 2.21. The molecule has 7 heteroatoms. The summed E-state index contributed by atoms with van der Waals surface area (Å²) in [6.07, 6.45) is 1.52. The summed E-state index contributed by atoms with van der Waals surface area (Å²) in [7, 11) is 0. The minimum absolute atomic E-state index is 0.564. The molecule has 3 rings (SSSR count). The van der Waals surface area contributed by atoms with Crippen LogP contribution in [0.2, 0.25) is 5.02 Å². The standard InChI is InChI=1S/C23H23ClN4O2/c1-14-5-8-20(11-15(14)2)26-22(29)23(30)27-25-13-18-12-16(3)28(17(18)4)21-9-6-19(24)7-10-21/h5-13H,1-4H3,(H,26,29)(H,27,30)/b25-13-. The Bertz CT molecular complexity index is 1130. The van der Waals surface area contributed by atoms with Crippen molar-refractivity contribution in [2.75, 3.05) is 5.32 Å². The van der Waals surface area contributed by atoms with Crippen molar-refractivity contribution < 1.29 is 9.59 Å². The van der Waals surface area contributed by atoms with Crippen molar-refractivity contribution in [2.45, 2.75) is 27.7 Å². The van der Waals surface area contributed by atoms with Crippen LogP contribution in [0, 0.1) is 27.7 Å². The number of nitrogens with zero attached hydrogens (tertiary/aromatic N) is 2. The van der Waals surface area contributed by atoms with Crippen LogP contribution in [0.25, 0.3) is 5.69 Å². The quantitative estimate of drug-likeness (QED) is 0.370. The van der Waals surface area contributed by atoms with Crippen molar-refractivity contribution >= 4 is 35.3 Å². The lowest BCUT2D eigenvalue weighted by Crippen LogP contribution is -2.32. The van der Waals surface area contributed by atoms with Gasteiger partial charge in [-0.1, -0.05) is 17.7 Å². The number of carbonyl (C=O) groups excluding carboxylic acids is 2. The first-order chi connectivity index (χ1) is 14.3. The highest BCUT2D eigenvalue weighted by Gasteiger charge is 2.14. The van der Waals surface area contributed by atoms with Gasteiger partial charge in [-0.25, -0.2) is 5.43 Å². The van der Waals surface area contributed by atoms with Gasteiger partial charge >= 0.3 is 11.8 Å². The summed E-state index contributed by atoms with van der Waals surface area (Å²) >= 11 is 5.97. The average Bonchev–Trinajstić information content (AvgIpc) is 2.99. The molecule has 2 aromatic carbocycles. The first kappa shape index (κ1) is 21.3. The summed E-state index contributed by atoms with van der Waals surface area (Å²) in [5.41, 5.74) is 8.74. The number of hydrogen-bond acceptors (Lipinski definition) is 3. The smallest absolute Gasteiger partial charge is 0.318 e. The number of nitrogens with one attached hydrogen (secondary N) is 2. The van der Waals surface area contributed by atoms with Gasteiger partial charge in [0.05, 0.1) is 6.21 Å². The Morgan fingerprint density at radius 2 is 1.63 bits per heavy atom. The fraction of sp³-hybridized carbons (Fsp3) is 0.174. The van der Waals surface area contributed by atoms with Crippen LogP contribution in [0.1, 0.15) is 28.1 Å². The summed E-state index contributed by atoms with van der Waals surface area (Å²) in [6, 6.07) is 14.9. The fourth-order valence-corrected chi connectivity index (χ4v) is 3.25. The zero-order valence-corrected chi connectivity index (χ0v) is 18.0. The van der Waals surface area contributed by atoms with E-state index in [4.69, 9.17) is 11.6 Å². The van der Waals surface area contributed by atoms with E-state index in [0.29, 0.717) is 10.7 Å². The van der Waals surface area contributed by atoms with E-state index in [9.17, 15) is 9.59 Å². The van der Waals surface area contributed by atoms with Gasteiger partial charge in [0.2, 0.25) is 0 Å². The van der Waals surface area contributed by atoms with Crippen molar-refractivity contribution in [1.29, 1.82) is 0 Å². The number of hydrazone groups is 1. The van der Waals surface area contributed by atoms with Crippen LogP contribution in [0.15, 0.2) is 53.6 Å². The summed E-state index contributed by atoms with van der Waals surface area (Å²) in [4.78, 5) is 24.1. The van der Waals surface area contributed by atoms with Crippen molar-refractivity contribution in [2.24, 2.45) is 5.10 Å². The molecule has 3 aromatic rings. The monoisotopic (exact) mass is 422 g/mol. The predicted molar refractivity (Wildman–Crippen MR) is 121 cm³/mol. The predicted octanol–water partition coefficient (Wildman–Crippen LogP) is 4.45. The molecule has 1 aromatic heterocycles. The topological polar surface area (TPSA) is 75.5 Å². The van der Waals surface area contributed by atoms with E-state index in [1.165, 1.54) is 6.21 Å². The van der Waals surface area contributed by atoms with Crippen molar-refractivity contribution in [3.63, 3.8) is 0 Å². The molecule has 0 spiro atoms. The second kappa shape index (κ2) is 8.97. The molecule has 6 nitrogen and oxygen atoms in total. The largest absolute Gasteiger partial charge is 0.329 e. The van der Waals surface area contributed by atoms with Gasteiger partial charge in [-0.2, -0.15) is 5.10 Å². The van der Waals surface area contributed by atoms with Crippen LogP contribution in [0.4, 0.5) is 5.69 Å². The molecule has 0 aliphatic rings. The molecule has 0 atom stereocenters. The highest BCUT2D eigenvalue weighted by atomic mass is 35.5. The van der Waals surface area contributed by atoms with Gasteiger partial charge in [-0.15, -0.1) is 0 Å². The Morgan fingerprint density at radius 3 is 2.30 bits per heavy atom. The number of halogens is 1. The zero-order valence-electron chi connectivity index (χ0n) is 17.3. The normalized spacial score (nSPS) is 11.0. The third-order valence-electron chi connectivity index (χ3n) is 4.90. The van der Waals surface area contributed by atoms with Gasteiger partial charge in [-0.3, -0.25) is 9.59 Å². The van der Waals surface area contributed by atoms with E-state index < -0.39 is 11.8 Å². The maximum absolute atomic E-state index is 12.1. The van der Waals surface area contributed by atoms with E-state index >= 15 is 0 Å². The van der Waals surface area contributed by atoms with E-state index in [0.717, 1.165) is 33.8 Å². The van der Waals surface area contributed by atoms with Crippen LogP contribution in [-0.4, -0.2) is 22.6 Å². The number of aromatic nitrogens is 1. The van der Waals surface area contributed by atoms with Gasteiger partial charge in [-0.05, 0) is 81.3 Å². The number of amides is 2. The van der Waals surface area contributed by atoms with Gasteiger partial charge in [0.25, 0.3) is 0 Å². The molecular weight excluding hydrogens is 400 g/mol. The maximum atomic E-state index is 12.1. The number of benzene rings is 2. The summed E-state index contributed by atoms with van der Waals surface area (Å²) < 4.78 is 2.06. The minimum atomic E-state index is -0.837. The van der Waals surface area contributed by atoms with Gasteiger partial charge in [0.1, 0.15) is 0 Å². The van der Waals surface area contributed by atoms with Crippen LogP contribution in [0.3, 0.4) is 0 Å². The molecule has 0 bridgehead atoms. The van der Waals surface area contributed by atoms with E-state index in [2.05, 4.69) is 20.4 Å². The van der Waals surface area contributed by atoms with Gasteiger partial charge in [0, 0.05) is 33.3 Å². The molecule has 0 fully saturated rings. The van der Waals surface area contributed by atoms with Crippen LogP contribution in [0.5, 0.6) is 0 Å². The molecule has 0 unspecified atom stereocenters. The fourth-order valence-electron chi connectivity index (χ4n) is 3.12. The molecule has 2 N–H and O–H groups in total. The van der Waals surface area contributed by atoms with E-state index in [1.54, 1.807) is 6.07 Å². The van der Waals surface area contributed by atoms with Gasteiger partial charge in [0.15, 0.2) is 0 Å². The van der Waals surface area contributed by atoms with Crippen molar-refractivity contribution in [3.8, 4) is 5.69 Å². The van der Waals surface area contributed by atoms with Gasteiger partial charge < -0.3 is 9.88 Å². The molecule has 0 saturated carbocycles. The highest BCUT2D eigenvalue weighted by molar-refractivity contribution is 6.39. The molecule has 0 aliphatic carbocycles. The number of anilines is 1. The first-order valence-electron chi connectivity index (χ1n) is 9.43. The molecule has 1 heterocycles. The number of rotatable bonds is 4. The molecule has 30 heavy (non-hydrogen) atoms. The summed E-state index contributed by atoms with van der Waals surface area (Å²) in [6.45, 7) is 7.86. The van der Waals surface area contributed by atoms with E-state index in [-0.39, 0.29) is 0 Å². The van der Waals surface area contributed by atoms with Crippen LogP contribution >= 0.6 is 11.6 Å². The molecule has 0 aliphatic heterocycles. The third kappa shape index (κ3) is 4.78. The Morgan fingerprint density at radius 1 is 0.933 bits per heavy atom. The lowest BCUT2D eigenvalue weighted by Gasteiger charge is -2.09. The maximum Gasteiger partial charge on any atom is 0.329 e. The third-order valence-corrected chi connectivity index (χ3v) is 5.15. The lowest BCUT2D eigenvalue weighted by molar-refractivity contribution is -0.136. The number of hydrogen-bond donors (Lipinski definition) is 2. The molecule has 0 radical (unpaired) electrons.